The van der Waals surface area contributed by atoms with Crippen LogP contribution in [0, 0.1) is 0 Å². The Kier molecular flexibility index (Phi) is 7.27. The van der Waals surface area contributed by atoms with Crippen molar-refractivity contribution < 1.29 is 14.6 Å². The van der Waals surface area contributed by atoms with Crippen LogP contribution >= 0.6 is 0 Å². The molecule has 4 nitrogen and oxygen atoms in total. The van der Waals surface area contributed by atoms with Gasteiger partial charge >= 0.3 is 0 Å². The third-order valence-corrected chi connectivity index (χ3v) is 6.07. The van der Waals surface area contributed by atoms with Crippen LogP contribution in [-0.2, 0) is 4.79 Å². The number of amides is 1. The highest BCUT2D eigenvalue weighted by Crippen LogP contribution is 2.17. The second kappa shape index (κ2) is 9.89. The van der Waals surface area contributed by atoms with Crippen LogP contribution in [0.15, 0.2) is 36.4 Å². The van der Waals surface area contributed by atoms with Crippen LogP contribution in [0.25, 0.3) is 6.08 Å². The fraction of sp³-hybridized carbons (Fsp3) is 0.591. The van der Waals surface area contributed by atoms with E-state index < -0.39 is 0 Å². The lowest BCUT2D eigenvalue weighted by molar-refractivity contribution is -1.02. The fourth-order valence-corrected chi connectivity index (χ4v) is 4.25. The Bertz CT molecular complexity index is 572. The van der Waals surface area contributed by atoms with Gasteiger partial charge in [0.25, 0.3) is 5.91 Å². The van der Waals surface area contributed by atoms with Crippen LogP contribution in [0.5, 0.6) is 0 Å². The van der Waals surface area contributed by atoms with Crippen molar-refractivity contribution in [2.24, 2.45) is 0 Å². The molecule has 2 fully saturated rings. The van der Waals surface area contributed by atoms with Crippen molar-refractivity contribution in [3.63, 3.8) is 0 Å². The average molecular weight is 358 g/mol. The Balaban J connectivity index is 1.38. The zero-order valence-electron chi connectivity index (χ0n) is 16.2. The van der Waals surface area contributed by atoms with Crippen molar-refractivity contribution in [3.8, 4) is 0 Å². The molecule has 2 aliphatic rings. The van der Waals surface area contributed by atoms with E-state index in [1.54, 1.807) is 4.90 Å². The van der Waals surface area contributed by atoms with Crippen LogP contribution in [0.1, 0.15) is 44.6 Å². The highest BCUT2D eigenvalue weighted by atomic mass is 16.2. The van der Waals surface area contributed by atoms with Gasteiger partial charge in [-0.1, -0.05) is 55.7 Å². The molecular weight excluding hydrogens is 322 g/mol. The number of piperazine rings is 1. The van der Waals surface area contributed by atoms with E-state index in [1.807, 2.05) is 0 Å². The number of benzene rings is 1. The Labute approximate surface area is 158 Å². The van der Waals surface area contributed by atoms with Gasteiger partial charge in [0, 0.05) is 6.04 Å². The molecule has 0 radical (unpaired) electrons. The molecule has 3 rings (SSSR count). The van der Waals surface area contributed by atoms with Crippen LogP contribution < -0.4 is 15.1 Å². The first-order valence-electron chi connectivity index (χ1n) is 10.4. The first-order valence-corrected chi connectivity index (χ1v) is 10.4. The first-order chi connectivity index (χ1) is 12.7. The molecule has 1 aliphatic heterocycles. The summed E-state index contributed by atoms with van der Waals surface area (Å²) in [5.41, 5.74) is 1.27. The largest absolute Gasteiger partial charge is 0.348 e. The topological polar surface area (TPSA) is 38.0 Å². The molecule has 1 aliphatic carbocycles. The van der Waals surface area contributed by atoms with Gasteiger partial charge < -0.3 is 15.1 Å². The quantitative estimate of drug-likeness (QED) is 0.674. The van der Waals surface area contributed by atoms with Crippen molar-refractivity contribution in [2.75, 3.05) is 32.7 Å². The maximum atomic E-state index is 12.6. The minimum atomic E-state index is 0.0818. The van der Waals surface area contributed by atoms with Crippen molar-refractivity contribution in [1.29, 1.82) is 0 Å². The van der Waals surface area contributed by atoms with Gasteiger partial charge in [-0.25, -0.2) is 0 Å². The standard InChI is InChI=1S/C22H33N3O/c1-19(22(26)23-21-12-6-3-7-13-21)25-17-15-24(16-18-25)14-8-11-20-9-4-2-5-10-20/h2,4-5,8-11,19,21H,3,6-7,12-18H2,1H3,(H,23,26)/p+2/b11-8+/t19-/m1/s1. The zero-order chi connectivity index (χ0) is 18.2. The number of carbonyl (C=O) groups excluding carboxylic acids is 1. The Morgan fingerprint density at radius 2 is 1.81 bits per heavy atom. The molecule has 0 unspecified atom stereocenters. The highest BCUT2D eigenvalue weighted by Gasteiger charge is 2.31. The normalized spacial score (nSPS) is 25.9. The lowest BCUT2D eigenvalue weighted by Gasteiger charge is -2.33. The van der Waals surface area contributed by atoms with Gasteiger partial charge in [0.05, 0.1) is 6.54 Å². The molecule has 1 amide bonds. The molecule has 1 saturated heterocycles. The summed E-state index contributed by atoms with van der Waals surface area (Å²) in [5, 5.41) is 3.30. The highest BCUT2D eigenvalue weighted by molar-refractivity contribution is 5.80. The number of hydrogen-bond acceptors (Lipinski definition) is 1. The monoisotopic (exact) mass is 357 g/mol. The van der Waals surface area contributed by atoms with Crippen molar-refractivity contribution in [2.45, 2.75) is 51.1 Å². The first kappa shape index (κ1) is 19.1. The molecule has 0 spiro atoms. The number of hydrogen-bond donors (Lipinski definition) is 3. The molecule has 26 heavy (non-hydrogen) atoms. The van der Waals surface area contributed by atoms with E-state index in [0.29, 0.717) is 6.04 Å². The maximum Gasteiger partial charge on any atom is 0.278 e. The minimum Gasteiger partial charge on any atom is -0.348 e. The summed E-state index contributed by atoms with van der Waals surface area (Å²) >= 11 is 0. The summed E-state index contributed by atoms with van der Waals surface area (Å²) in [6, 6.07) is 11.0. The summed E-state index contributed by atoms with van der Waals surface area (Å²) in [7, 11) is 0. The zero-order valence-corrected chi connectivity index (χ0v) is 16.2. The van der Waals surface area contributed by atoms with E-state index in [-0.39, 0.29) is 11.9 Å². The number of quaternary nitrogens is 2. The molecule has 4 heteroatoms. The van der Waals surface area contributed by atoms with Gasteiger partial charge in [-0.3, -0.25) is 4.79 Å². The fourth-order valence-electron chi connectivity index (χ4n) is 4.25. The van der Waals surface area contributed by atoms with E-state index in [9.17, 15) is 4.79 Å². The minimum absolute atomic E-state index is 0.0818. The molecular formula is C22H35N3O+2. The van der Waals surface area contributed by atoms with Gasteiger partial charge in [0.15, 0.2) is 6.04 Å². The van der Waals surface area contributed by atoms with Gasteiger partial charge in [-0.15, -0.1) is 0 Å². The summed E-state index contributed by atoms with van der Waals surface area (Å²) in [5.74, 6) is 0.263. The molecule has 1 aromatic rings. The predicted molar refractivity (Wildman–Crippen MR) is 106 cm³/mol. The van der Waals surface area contributed by atoms with Gasteiger partial charge in [-0.2, -0.15) is 0 Å². The van der Waals surface area contributed by atoms with Crippen LogP contribution in [0.3, 0.4) is 0 Å². The average Bonchev–Trinajstić information content (AvgIpc) is 2.69. The van der Waals surface area contributed by atoms with Crippen LogP contribution in [0.2, 0.25) is 0 Å². The Morgan fingerprint density at radius 1 is 1.12 bits per heavy atom. The maximum absolute atomic E-state index is 12.6. The SMILES string of the molecule is C[C@H](C(=O)NC1CCCCC1)[NH+]1CC[NH+](C/C=C/c2ccccc2)CC1. The number of nitrogens with one attached hydrogen (secondary N) is 3. The summed E-state index contributed by atoms with van der Waals surface area (Å²) in [4.78, 5) is 15.6. The molecule has 1 atom stereocenters. The van der Waals surface area contributed by atoms with Crippen molar-refractivity contribution in [1.82, 2.24) is 5.32 Å². The van der Waals surface area contributed by atoms with E-state index in [1.165, 1.54) is 42.6 Å². The summed E-state index contributed by atoms with van der Waals surface area (Å²) < 4.78 is 0. The van der Waals surface area contributed by atoms with Gasteiger partial charge in [-0.05, 0) is 31.4 Å². The molecule has 142 valence electrons. The van der Waals surface area contributed by atoms with Gasteiger partial charge in [0.2, 0.25) is 0 Å². The summed E-state index contributed by atoms with van der Waals surface area (Å²) in [6.45, 7) is 7.66. The second-order valence-electron chi connectivity index (χ2n) is 7.99. The third-order valence-electron chi connectivity index (χ3n) is 6.07. The number of carbonyl (C=O) groups is 1. The lowest BCUT2D eigenvalue weighted by Crippen LogP contribution is -3.30. The predicted octanol–water partition coefficient (Wildman–Crippen LogP) is 0.321. The molecule has 1 aromatic carbocycles. The van der Waals surface area contributed by atoms with E-state index in [2.05, 4.69) is 54.7 Å². The van der Waals surface area contributed by atoms with E-state index in [4.69, 9.17) is 0 Å². The van der Waals surface area contributed by atoms with Crippen molar-refractivity contribution >= 4 is 12.0 Å². The Morgan fingerprint density at radius 3 is 2.50 bits per heavy atom. The van der Waals surface area contributed by atoms with Crippen LogP contribution in [-0.4, -0.2) is 50.7 Å². The molecule has 3 N–H and O–H groups in total. The Hall–Kier alpha value is -1.65. The molecule has 1 heterocycles. The van der Waals surface area contributed by atoms with Crippen LogP contribution in [0.4, 0.5) is 0 Å². The van der Waals surface area contributed by atoms with Crippen molar-refractivity contribution in [3.05, 3.63) is 42.0 Å². The molecule has 1 saturated carbocycles. The number of rotatable bonds is 6. The van der Waals surface area contributed by atoms with Gasteiger partial charge in [0.1, 0.15) is 26.2 Å². The lowest BCUT2D eigenvalue weighted by atomic mass is 9.95. The third kappa shape index (κ3) is 5.68. The van der Waals surface area contributed by atoms with E-state index >= 15 is 0 Å². The molecule has 0 bridgehead atoms. The van der Waals surface area contributed by atoms with E-state index in [0.717, 1.165) is 32.7 Å². The smallest absolute Gasteiger partial charge is 0.278 e. The molecule has 0 aromatic heterocycles. The summed E-state index contributed by atoms with van der Waals surface area (Å²) in [6.07, 6.45) is 10.7. The second-order valence-corrected chi connectivity index (χ2v) is 7.99.